The van der Waals surface area contributed by atoms with E-state index in [0.717, 1.165) is 43.9 Å². The van der Waals surface area contributed by atoms with Gasteiger partial charge in [-0.2, -0.15) is 0 Å². The number of rotatable bonds is 4. The van der Waals surface area contributed by atoms with Gasteiger partial charge in [0.05, 0.1) is 6.61 Å². The van der Waals surface area contributed by atoms with E-state index >= 15 is 0 Å². The third-order valence-electron chi connectivity index (χ3n) is 6.22. The summed E-state index contributed by atoms with van der Waals surface area (Å²) < 4.78 is 5.78. The molecule has 1 saturated carbocycles. The normalized spacial score (nSPS) is 27.2. The number of benzene rings is 1. The minimum Gasteiger partial charge on any atom is -0.493 e. The molecule has 4 rings (SSSR count). The first-order valence-corrected chi connectivity index (χ1v) is 10.3. The summed E-state index contributed by atoms with van der Waals surface area (Å²) in [5, 5.41) is 7.20. The van der Waals surface area contributed by atoms with Crippen molar-refractivity contribution in [1.29, 1.82) is 0 Å². The van der Waals surface area contributed by atoms with E-state index in [9.17, 15) is 0 Å². The third kappa shape index (κ3) is 3.98. The number of hydrogen-bond acceptors (Lipinski definition) is 3. The summed E-state index contributed by atoms with van der Waals surface area (Å²) >= 11 is 0. The predicted molar refractivity (Wildman–Crippen MR) is 106 cm³/mol. The van der Waals surface area contributed by atoms with Crippen LogP contribution >= 0.6 is 0 Å². The van der Waals surface area contributed by atoms with Crippen molar-refractivity contribution in [1.82, 2.24) is 15.5 Å². The lowest BCUT2D eigenvalue weighted by molar-refractivity contribution is 0.242. The average molecular weight is 357 g/mol. The molecule has 0 bridgehead atoms. The van der Waals surface area contributed by atoms with Crippen molar-refractivity contribution in [3.63, 3.8) is 0 Å². The van der Waals surface area contributed by atoms with E-state index in [1.807, 2.05) is 13.1 Å². The largest absolute Gasteiger partial charge is 0.493 e. The van der Waals surface area contributed by atoms with Gasteiger partial charge in [-0.1, -0.05) is 31.0 Å². The van der Waals surface area contributed by atoms with E-state index in [1.54, 1.807) is 0 Å². The Morgan fingerprint density at radius 1 is 1.19 bits per heavy atom. The van der Waals surface area contributed by atoms with Crippen LogP contribution in [-0.2, 0) is 0 Å². The maximum Gasteiger partial charge on any atom is 0.191 e. The number of ether oxygens (including phenoxy) is 1. The van der Waals surface area contributed by atoms with E-state index in [0.29, 0.717) is 12.0 Å². The van der Waals surface area contributed by atoms with Crippen LogP contribution in [0.4, 0.5) is 0 Å². The van der Waals surface area contributed by atoms with Crippen LogP contribution < -0.4 is 15.4 Å². The molecule has 5 heteroatoms. The van der Waals surface area contributed by atoms with Crippen LogP contribution in [0.25, 0.3) is 0 Å². The van der Waals surface area contributed by atoms with Crippen LogP contribution in [0.3, 0.4) is 0 Å². The molecule has 1 aromatic rings. The van der Waals surface area contributed by atoms with Gasteiger partial charge in [-0.15, -0.1) is 0 Å². The summed E-state index contributed by atoms with van der Waals surface area (Å²) in [5.41, 5.74) is 1.31. The van der Waals surface area contributed by atoms with Crippen molar-refractivity contribution >= 4 is 5.96 Å². The van der Waals surface area contributed by atoms with E-state index in [1.165, 1.54) is 44.2 Å². The molecule has 2 fully saturated rings. The van der Waals surface area contributed by atoms with Crippen LogP contribution in [0, 0.1) is 0 Å². The number of nitrogens with zero attached hydrogens (tertiary/aromatic N) is 2. The highest BCUT2D eigenvalue weighted by atomic mass is 16.5. The SMILES string of the molecule is CN=C(NCC1CCOc2ccccc21)NC1CCN(C2CCCC2)C1. The van der Waals surface area contributed by atoms with Crippen molar-refractivity contribution in [2.75, 3.05) is 33.3 Å². The fourth-order valence-electron chi connectivity index (χ4n) is 4.74. The molecule has 0 amide bonds. The van der Waals surface area contributed by atoms with E-state index < -0.39 is 0 Å². The summed E-state index contributed by atoms with van der Waals surface area (Å²) in [6.45, 7) is 4.09. The highest BCUT2D eigenvalue weighted by molar-refractivity contribution is 5.80. The monoisotopic (exact) mass is 356 g/mol. The smallest absolute Gasteiger partial charge is 0.191 e. The molecule has 2 atom stereocenters. The average Bonchev–Trinajstić information content (AvgIpc) is 3.36. The summed E-state index contributed by atoms with van der Waals surface area (Å²) in [7, 11) is 1.87. The zero-order valence-electron chi connectivity index (χ0n) is 15.9. The summed E-state index contributed by atoms with van der Waals surface area (Å²) in [6, 6.07) is 9.76. The molecule has 2 heterocycles. The lowest BCUT2D eigenvalue weighted by Gasteiger charge is -2.27. The Labute approximate surface area is 157 Å². The van der Waals surface area contributed by atoms with Crippen LogP contribution in [0.2, 0.25) is 0 Å². The fraction of sp³-hybridized carbons (Fsp3) is 0.667. The molecule has 0 radical (unpaired) electrons. The van der Waals surface area contributed by atoms with Crippen molar-refractivity contribution in [3.05, 3.63) is 29.8 Å². The first kappa shape index (κ1) is 17.7. The molecule has 1 saturated heterocycles. The highest BCUT2D eigenvalue weighted by Gasteiger charge is 2.30. The Balaban J connectivity index is 1.28. The molecule has 0 aromatic heterocycles. The third-order valence-corrected chi connectivity index (χ3v) is 6.22. The number of nitrogens with one attached hydrogen (secondary N) is 2. The van der Waals surface area contributed by atoms with Gasteiger partial charge in [0.15, 0.2) is 5.96 Å². The summed E-state index contributed by atoms with van der Waals surface area (Å²) in [5.74, 6) is 2.46. The fourth-order valence-corrected chi connectivity index (χ4v) is 4.74. The molecule has 5 nitrogen and oxygen atoms in total. The molecule has 2 N–H and O–H groups in total. The Morgan fingerprint density at radius 2 is 2.04 bits per heavy atom. The Kier molecular flexibility index (Phi) is 5.63. The predicted octanol–water partition coefficient (Wildman–Crippen LogP) is 2.73. The highest BCUT2D eigenvalue weighted by Crippen LogP contribution is 2.32. The standard InChI is InChI=1S/C21H32N4O/c1-22-21(24-17-10-12-25(15-17)18-6-2-3-7-18)23-14-16-11-13-26-20-9-5-4-8-19(16)20/h4-5,8-9,16-18H,2-3,6-7,10-15H2,1H3,(H2,22,23,24). The second kappa shape index (κ2) is 8.30. The zero-order valence-corrected chi connectivity index (χ0v) is 15.9. The van der Waals surface area contributed by atoms with Gasteiger partial charge in [0.2, 0.25) is 0 Å². The Bertz CT molecular complexity index is 626. The van der Waals surface area contributed by atoms with Gasteiger partial charge in [0, 0.05) is 44.7 Å². The second-order valence-corrected chi connectivity index (χ2v) is 7.89. The van der Waals surface area contributed by atoms with Crippen LogP contribution in [0.5, 0.6) is 5.75 Å². The van der Waals surface area contributed by atoms with Crippen molar-refractivity contribution in [2.24, 2.45) is 4.99 Å². The van der Waals surface area contributed by atoms with Gasteiger partial charge in [-0.25, -0.2) is 0 Å². The van der Waals surface area contributed by atoms with Gasteiger partial charge < -0.3 is 15.4 Å². The van der Waals surface area contributed by atoms with Crippen molar-refractivity contribution in [3.8, 4) is 5.75 Å². The Morgan fingerprint density at radius 3 is 2.88 bits per heavy atom. The number of guanidine groups is 1. The number of hydrogen-bond donors (Lipinski definition) is 2. The minimum atomic E-state index is 0.483. The van der Waals surface area contributed by atoms with Gasteiger partial charge in [-0.3, -0.25) is 9.89 Å². The van der Waals surface area contributed by atoms with Gasteiger partial charge >= 0.3 is 0 Å². The maximum absolute atomic E-state index is 5.78. The van der Waals surface area contributed by atoms with Gasteiger partial charge in [-0.05, 0) is 37.3 Å². The molecule has 1 aliphatic carbocycles. The van der Waals surface area contributed by atoms with Crippen LogP contribution in [-0.4, -0.2) is 56.2 Å². The number of aliphatic imine (C=N–C) groups is 1. The molecular formula is C21H32N4O. The number of likely N-dealkylation sites (tertiary alicyclic amines) is 1. The van der Waals surface area contributed by atoms with Gasteiger partial charge in [0.1, 0.15) is 5.75 Å². The molecule has 26 heavy (non-hydrogen) atoms. The topological polar surface area (TPSA) is 48.9 Å². The second-order valence-electron chi connectivity index (χ2n) is 7.89. The molecule has 1 aromatic carbocycles. The van der Waals surface area contributed by atoms with Crippen LogP contribution in [0.1, 0.15) is 50.0 Å². The van der Waals surface area contributed by atoms with E-state index in [2.05, 4.69) is 38.7 Å². The van der Waals surface area contributed by atoms with Gasteiger partial charge in [0.25, 0.3) is 0 Å². The molecule has 142 valence electrons. The Hall–Kier alpha value is -1.75. The molecule has 3 aliphatic rings. The maximum atomic E-state index is 5.78. The first-order chi connectivity index (χ1) is 12.8. The summed E-state index contributed by atoms with van der Waals surface area (Å²) in [4.78, 5) is 7.15. The zero-order chi connectivity index (χ0) is 17.8. The van der Waals surface area contributed by atoms with E-state index in [4.69, 9.17) is 4.74 Å². The molecular weight excluding hydrogens is 324 g/mol. The molecule has 0 spiro atoms. The number of para-hydroxylation sites is 1. The van der Waals surface area contributed by atoms with Crippen LogP contribution in [0.15, 0.2) is 29.3 Å². The quantitative estimate of drug-likeness (QED) is 0.643. The summed E-state index contributed by atoms with van der Waals surface area (Å²) in [6.07, 6.45) is 7.88. The lowest BCUT2D eigenvalue weighted by atomic mass is 9.93. The van der Waals surface area contributed by atoms with E-state index in [-0.39, 0.29) is 0 Å². The number of fused-ring (bicyclic) bond motifs is 1. The molecule has 2 unspecified atom stereocenters. The lowest BCUT2D eigenvalue weighted by Crippen LogP contribution is -2.46. The first-order valence-electron chi connectivity index (χ1n) is 10.3. The minimum absolute atomic E-state index is 0.483. The molecule has 2 aliphatic heterocycles. The van der Waals surface area contributed by atoms with Crippen molar-refractivity contribution < 1.29 is 4.74 Å². The van der Waals surface area contributed by atoms with Crippen molar-refractivity contribution in [2.45, 2.75) is 56.5 Å².